The number of carbonyl (C=O) groups is 1. The molecule has 0 spiro atoms. The maximum absolute atomic E-state index is 13.2. The fourth-order valence-electron chi connectivity index (χ4n) is 6.37. The van der Waals surface area contributed by atoms with Crippen molar-refractivity contribution in [3.8, 4) is 0 Å². The molecule has 1 N–H and O–H groups in total. The Morgan fingerprint density at radius 3 is 2.68 bits per heavy atom. The number of anilines is 2. The largest absolute Gasteiger partial charge is 0.379 e. The molecule has 1 saturated carbocycles. The molecule has 2 aromatic heterocycles. The second-order valence-electron chi connectivity index (χ2n) is 11.1. The molecule has 9 heteroatoms. The Labute approximate surface area is 222 Å². The first kappa shape index (κ1) is 24.6. The van der Waals surface area contributed by atoms with Crippen molar-refractivity contribution >= 4 is 39.8 Å². The molecule has 2 aliphatic heterocycles. The van der Waals surface area contributed by atoms with Crippen LogP contribution in [-0.4, -0.2) is 70.5 Å². The van der Waals surface area contributed by atoms with Gasteiger partial charge in [0, 0.05) is 75.0 Å². The Morgan fingerprint density at radius 2 is 2.00 bits per heavy atom. The van der Waals surface area contributed by atoms with E-state index in [1.807, 2.05) is 31.6 Å². The number of aryl methyl sites for hydroxylation is 1. The van der Waals surface area contributed by atoms with Crippen LogP contribution in [0, 0.1) is 11.8 Å². The molecule has 4 heterocycles. The minimum absolute atomic E-state index is 0.0299. The molecule has 2 saturated heterocycles. The van der Waals surface area contributed by atoms with Gasteiger partial charge < -0.3 is 15.0 Å². The van der Waals surface area contributed by atoms with Crippen molar-refractivity contribution in [2.75, 3.05) is 49.6 Å². The van der Waals surface area contributed by atoms with Gasteiger partial charge in [-0.25, -0.2) is 4.98 Å². The summed E-state index contributed by atoms with van der Waals surface area (Å²) >= 11 is 6.73. The average Bonchev–Trinajstić information content (AvgIpc) is 3.18. The van der Waals surface area contributed by atoms with Crippen molar-refractivity contribution in [2.45, 2.75) is 38.1 Å². The van der Waals surface area contributed by atoms with Crippen molar-refractivity contribution in [2.24, 2.45) is 18.9 Å². The summed E-state index contributed by atoms with van der Waals surface area (Å²) in [5, 5.41) is 10.1. The second kappa shape index (κ2) is 9.57. The van der Waals surface area contributed by atoms with Crippen LogP contribution < -0.4 is 10.2 Å². The number of pyridine rings is 1. The smallest absolute Gasteiger partial charge is 0.229 e. The van der Waals surface area contributed by atoms with E-state index in [1.54, 1.807) is 10.9 Å². The predicted molar refractivity (Wildman–Crippen MR) is 146 cm³/mol. The first-order valence-electron chi connectivity index (χ1n) is 13.3. The lowest BCUT2D eigenvalue weighted by Crippen LogP contribution is -2.56. The van der Waals surface area contributed by atoms with Crippen LogP contribution in [0.2, 0.25) is 5.02 Å². The van der Waals surface area contributed by atoms with E-state index in [2.05, 4.69) is 45.1 Å². The summed E-state index contributed by atoms with van der Waals surface area (Å²) in [6.07, 6.45) is 7.74. The first-order valence-corrected chi connectivity index (χ1v) is 13.7. The Kier molecular flexibility index (Phi) is 6.37. The Bertz CT molecular complexity index is 1310. The van der Waals surface area contributed by atoms with E-state index in [0.29, 0.717) is 11.7 Å². The minimum Gasteiger partial charge on any atom is -0.379 e. The number of hydrogen-bond donors (Lipinski definition) is 1. The number of hydrogen-bond acceptors (Lipinski definition) is 6. The highest BCUT2D eigenvalue weighted by Crippen LogP contribution is 2.56. The van der Waals surface area contributed by atoms with Crippen LogP contribution in [0.15, 0.2) is 36.8 Å². The van der Waals surface area contributed by atoms with Gasteiger partial charge in [-0.05, 0) is 48.4 Å². The summed E-state index contributed by atoms with van der Waals surface area (Å²) in [6, 6.07) is 6.08. The number of nitrogens with one attached hydrogen (secondary N) is 1. The lowest BCUT2D eigenvalue weighted by atomic mass is 9.98. The van der Waals surface area contributed by atoms with Crippen LogP contribution >= 0.6 is 11.6 Å². The highest BCUT2D eigenvalue weighted by molar-refractivity contribution is 6.34. The van der Waals surface area contributed by atoms with E-state index >= 15 is 0 Å². The molecule has 1 amide bonds. The highest BCUT2D eigenvalue weighted by Gasteiger charge is 2.54. The molecule has 8 nitrogen and oxygen atoms in total. The number of ether oxygens (including phenoxy) is 1. The number of halogens is 1. The predicted octanol–water partition coefficient (Wildman–Crippen LogP) is 4.30. The fraction of sp³-hybridized carbons (Fsp3) is 0.536. The zero-order chi connectivity index (χ0) is 25.7. The summed E-state index contributed by atoms with van der Waals surface area (Å²) in [7, 11) is 1.91. The highest BCUT2D eigenvalue weighted by atomic mass is 35.5. The second-order valence-corrected chi connectivity index (χ2v) is 11.5. The molecule has 0 bridgehead atoms. The molecule has 0 radical (unpaired) electrons. The molecular formula is C28H35ClN6O2. The molecule has 3 aromatic rings. The van der Waals surface area contributed by atoms with Crippen molar-refractivity contribution in [3.63, 3.8) is 0 Å². The summed E-state index contributed by atoms with van der Waals surface area (Å²) < 4.78 is 7.47. The zero-order valence-corrected chi connectivity index (χ0v) is 22.5. The third-order valence-corrected chi connectivity index (χ3v) is 8.98. The number of nitrogens with zero attached hydrogens (tertiary/aromatic N) is 5. The molecule has 1 aromatic carbocycles. The normalized spacial score (nSPS) is 28.1. The summed E-state index contributed by atoms with van der Waals surface area (Å²) in [5.74, 6) is 1.13. The third-order valence-electron chi connectivity index (χ3n) is 8.67. The fourth-order valence-corrected chi connectivity index (χ4v) is 6.66. The van der Waals surface area contributed by atoms with Crippen molar-refractivity contribution in [1.82, 2.24) is 19.7 Å². The van der Waals surface area contributed by atoms with Gasteiger partial charge in [-0.1, -0.05) is 24.9 Å². The quantitative estimate of drug-likeness (QED) is 0.520. The van der Waals surface area contributed by atoms with E-state index < -0.39 is 0 Å². The number of piperazine rings is 1. The van der Waals surface area contributed by atoms with Gasteiger partial charge in [0.2, 0.25) is 5.91 Å². The van der Waals surface area contributed by atoms with E-state index in [-0.39, 0.29) is 23.3 Å². The molecule has 4 atom stereocenters. The van der Waals surface area contributed by atoms with Crippen molar-refractivity contribution in [3.05, 3.63) is 47.4 Å². The molecular weight excluding hydrogens is 488 g/mol. The van der Waals surface area contributed by atoms with Crippen molar-refractivity contribution in [1.29, 1.82) is 0 Å². The van der Waals surface area contributed by atoms with Gasteiger partial charge in [0.05, 0.1) is 23.5 Å². The molecule has 3 fully saturated rings. The van der Waals surface area contributed by atoms with Gasteiger partial charge in [0.1, 0.15) is 5.82 Å². The maximum atomic E-state index is 13.2. The van der Waals surface area contributed by atoms with E-state index in [9.17, 15) is 4.79 Å². The molecule has 196 valence electrons. The van der Waals surface area contributed by atoms with Crippen LogP contribution in [0.25, 0.3) is 10.8 Å². The average molecular weight is 523 g/mol. The lowest BCUT2D eigenvalue weighted by Gasteiger charge is -2.44. The van der Waals surface area contributed by atoms with E-state index in [1.165, 1.54) is 0 Å². The third kappa shape index (κ3) is 4.60. The molecule has 0 unspecified atom stereocenters. The Morgan fingerprint density at radius 1 is 1.19 bits per heavy atom. The zero-order valence-electron chi connectivity index (χ0n) is 21.8. The monoisotopic (exact) mass is 522 g/mol. The lowest BCUT2D eigenvalue weighted by molar-refractivity contribution is -0.117. The molecule has 6 rings (SSSR count). The van der Waals surface area contributed by atoms with Gasteiger partial charge >= 0.3 is 0 Å². The Hall–Kier alpha value is -2.68. The van der Waals surface area contributed by atoms with Gasteiger partial charge in [-0.3, -0.25) is 14.4 Å². The summed E-state index contributed by atoms with van der Waals surface area (Å²) in [6.45, 7) is 9.94. The van der Waals surface area contributed by atoms with Crippen LogP contribution in [0.5, 0.6) is 0 Å². The molecule has 3 aliphatic rings. The number of fused-ring (bicyclic) bond motifs is 1. The van der Waals surface area contributed by atoms with Gasteiger partial charge in [0.15, 0.2) is 0 Å². The van der Waals surface area contributed by atoms with Gasteiger partial charge in [-0.2, -0.15) is 5.10 Å². The summed E-state index contributed by atoms with van der Waals surface area (Å²) in [5.41, 5.74) is 2.32. The van der Waals surface area contributed by atoms with Crippen molar-refractivity contribution < 1.29 is 9.53 Å². The topological polar surface area (TPSA) is 75.5 Å². The van der Waals surface area contributed by atoms with Crippen LogP contribution in [-0.2, 0) is 16.6 Å². The molecule has 37 heavy (non-hydrogen) atoms. The summed E-state index contributed by atoms with van der Waals surface area (Å²) in [4.78, 5) is 22.6. The first-order chi connectivity index (χ1) is 17.9. The maximum Gasteiger partial charge on any atom is 0.229 e. The van der Waals surface area contributed by atoms with E-state index in [0.717, 1.165) is 79.3 Å². The van der Waals surface area contributed by atoms with Gasteiger partial charge in [0.25, 0.3) is 0 Å². The number of amides is 1. The van der Waals surface area contributed by atoms with Crippen LogP contribution in [0.4, 0.5) is 11.5 Å². The molecule has 1 aliphatic carbocycles. The number of carbonyl (C=O) groups excluding carboxylic acids is 1. The number of aromatic nitrogens is 3. The van der Waals surface area contributed by atoms with Crippen LogP contribution in [0.3, 0.4) is 0 Å². The van der Waals surface area contributed by atoms with Gasteiger partial charge in [-0.15, -0.1) is 0 Å². The standard InChI is InChI=1S/C28H35ClN6O2/c1-4-21-25(20-15-31-33(3)16-20)26(21)27(36)32-24-13-18-12-23(22(29)11-19(18)14-30-24)34-6-8-35(9-7-34)28(2)5-10-37-17-28/h11-16,21,25-26H,4-10,17H2,1-3H3,(H,30,32,36)/t21-,25-,26-,28+/m1/s1. The number of benzene rings is 1. The minimum atomic E-state index is -0.0455. The Balaban J connectivity index is 1.16. The SMILES string of the molecule is CC[C@H]1[C@@H](C(=O)Nc2cc3cc(N4CCN([C@@]5(C)CCOC5)CC4)c(Cl)cc3cn2)[C@@H]1c1cnn(C)c1. The van der Waals surface area contributed by atoms with E-state index in [4.69, 9.17) is 16.3 Å². The van der Waals surface area contributed by atoms with Crippen LogP contribution in [0.1, 0.15) is 38.2 Å². The number of rotatable bonds is 6.